The molecule has 24 heavy (non-hydrogen) atoms. The standard InChI is InChI=1S/C20H16N2O2/c23-19-11-5-1-3-7-15(11)21-17-10-14-18(9-13(17)19)22-16-8-4-2-6-12(16)20(14)24/h1-10,19-24H. The van der Waals surface area contributed by atoms with Crippen LogP contribution < -0.4 is 10.6 Å². The molecule has 2 heterocycles. The zero-order chi connectivity index (χ0) is 16.3. The van der Waals surface area contributed by atoms with Crippen molar-refractivity contribution in [2.45, 2.75) is 12.2 Å². The van der Waals surface area contributed by atoms with Crippen LogP contribution in [0.3, 0.4) is 0 Å². The number of fused-ring (bicyclic) bond motifs is 4. The molecule has 2 aliphatic heterocycles. The Morgan fingerprint density at radius 3 is 1.42 bits per heavy atom. The Labute approximate surface area is 139 Å². The Morgan fingerprint density at radius 1 is 0.542 bits per heavy atom. The third-order valence-corrected chi connectivity index (χ3v) is 4.86. The molecule has 0 saturated heterocycles. The van der Waals surface area contributed by atoms with Gasteiger partial charge in [0.05, 0.1) is 0 Å². The van der Waals surface area contributed by atoms with Crippen molar-refractivity contribution >= 4 is 22.7 Å². The summed E-state index contributed by atoms with van der Waals surface area (Å²) in [6.07, 6.45) is -1.36. The molecule has 118 valence electrons. The van der Waals surface area contributed by atoms with Gasteiger partial charge in [-0.2, -0.15) is 0 Å². The minimum absolute atomic E-state index is 0.682. The first-order chi connectivity index (χ1) is 11.7. The Morgan fingerprint density at radius 2 is 0.958 bits per heavy atom. The largest absolute Gasteiger partial charge is 0.383 e. The lowest BCUT2D eigenvalue weighted by molar-refractivity contribution is 0.216. The van der Waals surface area contributed by atoms with E-state index in [-0.39, 0.29) is 0 Å². The average molecular weight is 316 g/mol. The molecule has 0 aliphatic carbocycles. The van der Waals surface area contributed by atoms with E-state index in [1.807, 2.05) is 60.7 Å². The molecular weight excluding hydrogens is 300 g/mol. The predicted octanol–water partition coefficient (Wildman–Crippen LogP) is 3.96. The van der Waals surface area contributed by atoms with Crippen molar-refractivity contribution in [2.24, 2.45) is 0 Å². The van der Waals surface area contributed by atoms with Gasteiger partial charge in [-0.05, 0) is 24.3 Å². The highest BCUT2D eigenvalue weighted by molar-refractivity contribution is 5.81. The van der Waals surface area contributed by atoms with Crippen molar-refractivity contribution in [1.29, 1.82) is 0 Å². The smallest absolute Gasteiger partial charge is 0.108 e. The maximum absolute atomic E-state index is 10.7. The lowest BCUT2D eigenvalue weighted by Crippen LogP contribution is -2.17. The lowest BCUT2D eigenvalue weighted by atomic mass is 9.88. The summed E-state index contributed by atoms with van der Waals surface area (Å²) in [7, 11) is 0. The maximum atomic E-state index is 10.7. The van der Waals surface area contributed by atoms with Crippen LogP contribution in [0.2, 0.25) is 0 Å². The molecule has 0 saturated carbocycles. The van der Waals surface area contributed by atoms with Crippen molar-refractivity contribution in [3.63, 3.8) is 0 Å². The van der Waals surface area contributed by atoms with Gasteiger partial charge in [0.15, 0.2) is 0 Å². The van der Waals surface area contributed by atoms with Gasteiger partial charge in [0.1, 0.15) is 12.2 Å². The van der Waals surface area contributed by atoms with Gasteiger partial charge in [0, 0.05) is 45.0 Å². The highest BCUT2D eigenvalue weighted by atomic mass is 16.3. The maximum Gasteiger partial charge on any atom is 0.108 e. The Hall–Kier alpha value is -2.82. The Kier molecular flexibility index (Phi) is 2.74. The monoisotopic (exact) mass is 316 g/mol. The number of rotatable bonds is 0. The van der Waals surface area contributed by atoms with E-state index < -0.39 is 12.2 Å². The molecule has 4 N–H and O–H groups in total. The molecule has 2 aliphatic rings. The van der Waals surface area contributed by atoms with Gasteiger partial charge in [0.2, 0.25) is 0 Å². The lowest BCUT2D eigenvalue weighted by Gasteiger charge is -2.31. The molecule has 5 rings (SSSR count). The summed E-state index contributed by atoms with van der Waals surface area (Å²) in [5.74, 6) is 0. The summed E-state index contributed by atoms with van der Waals surface area (Å²) in [4.78, 5) is 0. The topological polar surface area (TPSA) is 64.5 Å². The van der Waals surface area contributed by atoms with Gasteiger partial charge in [-0.3, -0.25) is 0 Å². The van der Waals surface area contributed by atoms with E-state index in [0.717, 1.165) is 45.0 Å². The fourth-order valence-electron chi connectivity index (χ4n) is 3.63. The molecule has 0 spiro atoms. The van der Waals surface area contributed by atoms with Gasteiger partial charge in [0.25, 0.3) is 0 Å². The van der Waals surface area contributed by atoms with Crippen molar-refractivity contribution < 1.29 is 10.2 Å². The molecule has 0 bridgehead atoms. The summed E-state index contributed by atoms with van der Waals surface area (Å²) in [5.41, 5.74) is 6.81. The van der Waals surface area contributed by atoms with Crippen LogP contribution in [0.1, 0.15) is 34.5 Å². The molecule has 3 aromatic rings. The van der Waals surface area contributed by atoms with Crippen LogP contribution in [-0.2, 0) is 0 Å². The third-order valence-electron chi connectivity index (χ3n) is 4.86. The quantitative estimate of drug-likeness (QED) is 0.507. The van der Waals surface area contributed by atoms with Crippen LogP contribution >= 0.6 is 0 Å². The predicted molar refractivity (Wildman–Crippen MR) is 94.0 cm³/mol. The van der Waals surface area contributed by atoms with Crippen LogP contribution in [0.5, 0.6) is 0 Å². The van der Waals surface area contributed by atoms with Gasteiger partial charge < -0.3 is 20.8 Å². The molecule has 3 aromatic carbocycles. The minimum Gasteiger partial charge on any atom is -0.383 e. The molecule has 0 aromatic heterocycles. The number of anilines is 4. The van der Waals surface area contributed by atoms with Gasteiger partial charge in [-0.15, -0.1) is 0 Å². The molecule has 0 fully saturated rings. The molecule has 2 unspecified atom stereocenters. The zero-order valence-electron chi connectivity index (χ0n) is 12.8. The number of nitrogens with one attached hydrogen (secondary N) is 2. The van der Waals surface area contributed by atoms with Crippen LogP contribution in [0.4, 0.5) is 22.7 Å². The van der Waals surface area contributed by atoms with Crippen molar-refractivity contribution in [2.75, 3.05) is 10.6 Å². The first-order valence-electron chi connectivity index (χ1n) is 7.98. The van der Waals surface area contributed by atoms with Crippen molar-refractivity contribution in [3.05, 3.63) is 82.9 Å². The molecular formula is C20H16N2O2. The number of hydrogen-bond donors (Lipinski definition) is 4. The summed E-state index contributed by atoms with van der Waals surface area (Å²) in [5, 5.41) is 28.2. The van der Waals surface area contributed by atoms with E-state index >= 15 is 0 Å². The van der Waals surface area contributed by atoms with Crippen LogP contribution in [-0.4, -0.2) is 10.2 Å². The number of aliphatic hydroxyl groups excluding tert-OH is 2. The highest BCUT2D eigenvalue weighted by Gasteiger charge is 2.29. The second kappa shape index (κ2) is 4.84. The second-order valence-electron chi connectivity index (χ2n) is 6.26. The average Bonchev–Trinajstić information content (AvgIpc) is 2.62. The van der Waals surface area contributed by atoms with E-state index in [0.29, 0.717) is 0 Å². The number of benzene rings is 3. The molecule has 0 amide bonds. The fourth-order valence-corrected chi connectivity index (χ4v) is 3.63. The zero-order valence-corrected chi connectivity index (χ0v) is 12.8. The second-order valence-corrected chi connectivity index (χ2v) is 6.26. The summed E-state index contributed by atoms with van der Waals surface area (Å²) < 4.78 is 0. The fraction of sp³-hybridized carbons (Fsp3) is 0.100. The van der Waals surface area contributed by atoms with Crippen molar-refractivity contribution in [3.8, 4) is 0 Å². The normalized spacial score (nSPS) is 19.9. The molecule has 4 nitrogen and oxygen atoms in total. The van der Waals surface area contributed by atoms with E-state index in [1.165, 1.54) is 0 Å². The Bertz CT molecular complexity index is 888. The van der Waals surface area contributed by atoms with E-state index in [1.54, 1.807) is 0 Å². The van der Waals surface area contributed by atoms with Crippen molar-refractivity contribution in [1.82, 2.24) is 0 Å². The first-order valence-corrected chi connectivity index (χ1v) is 7.98. The van der Waals surface area contributed by atoms with Crippen LogP contribution in [0, 0.1) is 0 Å². The first kappa shape index (κ1) is 13.6. The summed E-state index contributed by atoms with van der Waals surface area (Å²) in [6, 6.07) is 19.3. The minimum atomic E-state index is -0.682. The van der Waals surface area contributed by atoms with Gasteiger partial charge in [-0.1, -0.05) is 36.4 Å². The van der Waals surface area contributed by atoms with E-state index in [4.69, 9.17) is 0 Å². The number of aliphatic hydroxyl groups is 2. The van der Waals surface area contributed by atoms with Gasteiger partial charge >= 0.3 is 0 Å². The van der Waals surface area contributed by atoms with Crippen LogP contribution in [0.25, 0.3) is 0 Å². The van der Waals surface area contributed by atoms with E-state index in [2.05, 4.69) is 10.6 Å². The van der Waals surface area contributed by atoms with E-state index in [9.17, 15) is 10.2 Å². The molecule has 2 atom stereocenters. The van der Waals surface area contributed by atoms with Gasteiger partial charge in [-0.25, -0.2) is 0 Å². The Balaban J connectivity index is 1.67. The van der Waals surface area contributed by atoms with Crippen LogP contribution in [0.15, 0.2) is 60.7 Å². The summed E-state index contributed by atoms with van der Waals surface area (Å²) >= 11 is 0. The third kappa shape index (κ3) is 1.81. The number of hydrogen-bond acceptors (Lipinski definition) is 4. The number of para-hydroxylation sites is 2. The SMILES string of the molecule is OC1c2ccccc2Nc2cc3c(cc21)Nc1ccccc1C3O. The highest BCUT2D eigenvalue weighted by Crippen LogP contribution is 2.46. The summed E-state index contributed by atoms with van der Waals surface area (Å²) in [6.45, 7) is 0. The molecule has 0 radical (unpaired) electrons. The molecule has 4 heteroatoms.